The summed E-state index contributed by atoms with van der Waals surface area (Å²) in [6.45, 7) is 5.25. The largest absolute Gasteiger partial charge is 0.480 e. The van der Waals surface area contributed by atoms with E-state index in [9.17, 15) is 14.4 Å². The summed E-state index contributed by atoms with van der Waals surface area (Å²) in [5, 5.41) is 11.4. The maximum Gasteiger partial charge on any atom is 0.326 e. The molecule has 0 radical (unpaired) electrons. The van der Waals surface area contributed by atoms with Crippen LogP contribution >= 0.6 is 0 Å². The quantitative estimate of drug-likeness (QED) is 0.685. The Morgan fingerprint density at radius 1 is 1.38 bits per heavy atom. The van der Waals surface area contributed by atoms with Gasteiger partial charge in [-0.25, -0.2) is 9.78 Å². The second kappa shape index (κ2) is 7.56. The van der Waals surface area contributed by atoms with Crippen molar-refractivity contribution in [3.8, 4) is 0 Å². The Kier molecular flexibility index (Phi) is 6.08. The predicted molar refractivity (Wildman–Crippen MR) is 77.1 cm³/mol. The number of H-pyrrole nitrogens is 1. The first-order valence-electron chi connectivity index (χ1n) is 6.93. The van der Waals surface area contributed by atoms with Gasteiger partial charge in [0.15, 0.2) is 0 Å². The third-order valence-corrected chi connectivity index (χ3v) is 3.15. The fourth-order valence-electron chi connectivity index (χ4n) is 2.10. The highest BCUT2D eigenvalue weighted by molar-refractivity contribution is 5.83. The molecule has 0 saturated carbocycles. The number of aromatic nitrogens is 2. The minimum atomic E-state index is -1.05. The van der Waals surface area contributed by atoms with Gasteiger partial charge in [0.2, 0.25) is 5.91 Å². The van der Waals surface area contributed by atoms with Crippen molar-refractivity contribution in [2.45, 2.75) is 52.5 Å². The molecule has 1 heterocycles. The third-order valence-electron chi connectivity index (χ3n) is 3.15. The Labute approximate surface area is 122 Å². The molecule has 3 N–H and O–H groups in total. The number of amides is 1. The van der Waals surface area contributed by atoms with Gasteiger partial charge in [-0.1, -0.05) is 13.3 Å². The lowest BCUT2D eigenvalue weighted by Crippen LogP contribution is -2.40. The van der Waals surface area contributed by atoms with Crippen molar-refractivity contribution in [2.24, 2.45) is 0 Å². The number of rotatable bonds is 7. The van der Waals surface area contributed by atoms with Crippen LogP contribution in [0.15, 0.2) is 4.79 Å². The monoisotopic (exact) mass is 295 g/mol. The molecule has 0 spiro atoms. The van der Waals surface area contributed by atoms with E-state index in [1.807, 2.05) is 6.92 Å². The number of carboxylic acid groups (broad SMARTS) is 1. The number of nitrogens with one attached hydrogen (secondary N) is 2. The van der Waals surface area contributed by atoms with Crippen LogP contribution in [0.3, 0.4) is 0 Å². The summed E-state index contributed by atoms with van der Waals surface area (Å²) in [6.07, 6.45) is 1.34. The summed E-state index contributed by atoms with van der Waals surface area (Å²) < 4.78 is 0. The summed E-state index contributed by atoms with van der Waals surface area (Å²) in [7, 11) is 0. The van der Waals surface area contributed by atoms with Gasteiger partial charge >= 0.3 is 5.97 Å². The molecular formula is C14H21N3O4. The lowest BCUT2D eigenvalue weighted by atomic mass is 10.1. The molecule has 1 aromatic rings. The minimum Gasteiger partial charge on any atom is -0.480 e. The van der Waals surface area contributed by atoms with Gasteiger partial charge in [0.1, 0.15) is 11.9 Å². The van der Waals surface area contributed by atoms with Crippen LogP contribution in [-0.4, -0.2) is 33.0 Å². The minimum absolute atomic E-state index is 0.0577. The molecule has 0 aromatic carbocycles. The number of carbonyl (C=O) groups is 2. The van der Waals surface area contributed by atoms with Crippen molar-refractivity contribution in [1.29, 1.82) is 0 Å². The molecule has 0 saturated heterocycles. The molecule has 0 fully saturated rings. The van der Waals surface area contributed by atoms with Crippen LogP contribution in [-0.2, 0) is 16.0 Å². The lowest BCUT2D eigenvalue weighted by molar-refractivity contribution is -0.142. The third kappa shape index (κ3) is 5.02. The number of hydrogen-bond donors (Lipinski definition) is 3. The van der Waals surface area contributed by atoms with Crippen LogP contribution in [0.2, 0.25) is 0 Å². The number of carbonyl (C=O) groups excluding carboxylic acids is 1. The van der Waals surface area contributed by atoms with E-state index >= 15 is 0 Å². The van der Waals surface area contributed by atoms with E-state index in [2.05, 4.69) is 15.3 Å². The number of aliphatic carboxylic acids is 1. The van der Waals surface area contributed by atoms with Gasteiger partial charge in [0.25, 0.3) is 5.56 Å². The molecule has 116 valence electrons. The first-order valence-corrected chi connectivity index (χ1v) is 6.93. The summed E-state index contributed by atoms with van der Waals surface area (Å²) in [5.41, 5.74) is 0.793. The second-order valence-electron chi connectivity index (χ2n) is 4.96. The molecule has 1 rings (SSSR count). The highest BCUT2D eigenvalue weighted by Gasteiger charge is 2.19. The van der Waals surface area contributed by atoms with Crippen molar-refractivity contribution >= 4 is 11.9 Å². The first kappa shape index (κ1) is 16.9. The molecule has 1 atom stereocenters. The molecule has 21 heavy (non-hydrogen) atoms. The van der Waals surface area contributed by atoms with Crippen LogP contribution < -0.4 is 10.9 Å². The zero-order valence-electron chi connectivity index (χ0n) is 12.5. The standard InChI is InChI=1S/C14H21N3O4/c1-4-5-11(14(20)21)17-12(18)7-6-10-8(2)15-9(3)16-13(10)19/h11H,4-7H2,1-3H3,(H,17,18)(H,20,21)(H,15,16,19)/t11-/m1/s1. The second-order valence-corrected chi connectivity index (χ2v) is 4.96. The Balaban J connectivity index is 2.65. The molecule has 7 heteroatoms. The number of hydrogen-bond acceptors (Lipinski definition) is 4. The number of aryl methyl sites for hydroxylation is 2. The Hall–Kier alpha value is -2.18. The number of nitrogens with zero attached hydrogens (tertiary/aromatic N) is 1. The zero-order valence-corrected chi connectivity index (χ0v) is 12.5. The maximum atomic E-state index is 11.8. The summed E-state index contributed by atoms with van der Waals surface area (Å²) >= 11 is 0. The molecule has 1 aromatic heterocycles. The predicted octanol–water partition coefficient (Wildman–Crippen LogP) is 0.689. The molecule has 0 aliphatic heterocycles. The molecular weight excluding hydrogens is 274 g/mol. The SMILES string of the molecule is CCC[C@@H](NC(=O)CCc1c(C)nc(C)[nH]c1=O)C(=O)O. The normalized spacial score (nSPS) is 12.0. The van der Waals surface area contributed by atoms with Crippen LogP contribution in [0.4, 0.5) is 0 Å². The smallest absolute Gasteiger partial charge is 0.326 e. The van der Waals surface area contributed by atoms with E-state index in [4.69, 9.17) is 5.11 Å². The molecule has 0 unspecified atom stereocenters. The van der Waals surface area contributed by atoms with Gasteiger partial charge in [-0.3, -0.25) is 9.59 Å². The molecule has 0 bridgehead atoms. The number of aromatic amines is 1. The summed E-state index contributed by atoms with van der Waals surface area (Å²) in [5.74, 6) is -0.897. The van der Waals surface area contributed by atoms with Crippen molar-refractivity contribution in [3.63, 3.8) is 0 Å². The van der Waals surface area contributed by atoms with E-state index in [1.54, 1.807) is 13.8 Å². The van der Waals surface area contributed by atoms with Gasteiger partial charge in [-0.05, 0) is 26.7 Å². The summed E-state index contributed by atoms with van der Waals surface area (Å²) in [4.78, 5) is 41.3. The highest BCUT2D eigenvalue weighted by Crippen LogP contribution is 2.04. The van der Waals surface area contributed by atoms with Crippen LogP contribution in [0, 0.1) is 13.8 Å². The van der Waals surface area contributed by atoms with E-state index < -0.39 is 12.0 Å². The van der Waals surface area contributed by atoms with Crippen molar-refractivity contribution in [2.75, 3.05) is 0 Å². The summed E-state index contributed by atoms with van der Waals surface area (Å²) in [6, 6.07) is -0.877. The Morgan fingerprint density at radius 2 is 2.05 bits per heavy atom. The zero-order chi connectivity index (χ0) is 16.0. The van der Waals surface area contributed by atoms with Crippen LogP contribution in [0.25, 0.3) is 0 Å². The van der Waals surface area contributed by atoms with Gasteiger partial charge < -0.3 is 15.4 Å². The van der Waals surface area contributed by atoms with E-state index in [0.29, 0.717) is 29.9 Å². The van der Waals surface area contributed by atoms with Crippen molar-refractivity contribution in [3.05, 3.63) is 27.4 Å². The molecule has 0 aliphatic rings. The van der Waals surface area contributed by atoms with E-state index in [0.717, 1.165) is 0 Å². The van der Waals surface area contributed by atoms with Gasteiger partial charge in [0.05, 0.1) is 0 Å². The molecule has 0 aliphatic carbocycles. The van der Waals surface area contributed by atoms with Crippen LogP contribution in [0.5, 0.6) is 0 Å². The topological polar surface area (TPSA) is 112 Å². The van der Waals surface area contributed by atoms with E-state index in [1.165, 1.54) is 0 Å². The Morgan fingerprint density at radius 3 is 2.57 bits per heavy atom. The molecule has 1 amide bonds. The lowest BCUT2D eigenvalue weighted by Gasteiger charge is -2.13. The average Bonchev–Trinajstić information content (AvgIpc) is 2.36. The number of carboxylic acids is 1. The fraction of sp³-hybridized carbons (Fsp3) is 0.571. The van der Waals surface area contributed by atoms with Gasteiger partial charge in [-0.2, -0.15) is 0 Å². The Bertz CT molecular complexity index is 580. The van der Waals surface area contributed by atoms with Gasteiger partial charge in [0, 0.05) is 17.7 Å². The first-order chi connectivity index (χ1) is 9.85. The fourth-order valence-corrected chi connectivity index (χ4v) is 2.10. The highest BCUT2D eigenvalue weighted by atomic mass is 16.4. The average molecular weight is 295 g/mol. The van der Waals surface area contributed by atoms with Crippen LogP contribution in [0.1, 0.15) is 43.3 Å². The van der Waals surface area contributed by atoms with Gasteiger partial charge in [-0.15, -0.1) is 0 Å². The van der Waals surface area contributed by atoms with E-state index in [-0.39, 0.29) is 24.3 Å². The molecule has 7 nitrogen and oxygen atoms in total. The maximum absolute atomic E-state index is 11.8. The van der Waals surface area contributed by atoms with Crippen molar-refractivity contribution < 1.29 is 14.7 Å². The van der Waals surface area contributed by atoms with Crippen molar-refractivity contribution in [1.82, 2.24) is 15.3 Å².